The number of nitrogens with one attached hydrogen (secondary N) is 1. The van der Waals surface area contributed by atoms with Gasteiger partial charge >= 0.3 is 0 Å². The van der Waals surface area contributed by atoms with Gasteiger partial charge in [0.2, 0.25) is 0 Å². The number of H-pyrrole nitrogens is 1. The summed E-state index contributed by atoms with van der Waals surface area (Å²) < 4.78 is 0. The van der Waals surface area contributed by atoms with Gasteiger partial charge in [-0.2, -0.15) is 0 Å². The molecule has 0 unspecified atom stereocenters. The van der Waals surface area contributed by atoms with Crippen LogP contribution in [0.15, 0.2) is 194 Å². The van der Waals surface area contributed by atoms with Gasteiger partial charge < -0.3 is 4.98 Å². The lowest BCUT2D eigenvalue weighted by molar-refractivity contribution is 1.55. The van der Waals surface area contributed by atoms with E-state index in [0.717, 1.165) is 5.52 Å². The molecule has 0 aliphatic rings. The average Bonchev–Trinajstić information content (AvgIpc) is 3.58. The molecule has 1 heterocycles. The van der Waals surface area contributed by atoms with Crippen molar-refractivity contribution in [3.8, 4) is 44.5 Å². The predicted molar refractivity (Wildman–Crippen MR) is 228 cm³/mol. The third-order valence-corrected chi connectivity index (χ3v) is 11.1. The molecular weight excluding hydrogens is 639 g/mol. The highest BCUT2D eigenvalue weighted by molar-refractivity contribution is 6.21. The van der Waals surface area contributed by atoms with E-state index in [9.17, 15) is 0 Å². The van der Waals surface area contributed by atoms with Crippen molar-refractivity contribution in [1.82, 2.24) is 4.98 Å². The number of aromatic nitrogens is 1. The Bertz CT molecular complexity index is 3180. The fourth-order valence-corrected chi connectivity index (χ4v) is 8.60. The summed E-state index contributed by atoms with van der Waals surface area (Å²) in [6, 6.07) is 71.4. The fourth-order valence-electron chi connectivity index (χ4n) is 8.60. The van der Waals surface area contributed by atoms with E-state index in [1.807, 2.05) is 0 Å². The summed E-state index contributed by atoms with van der Waals surface area (Å²) in [6.45, 7) is 0. The highest BCUT2D eigenvalue weighted by atomic mass is 14.7. The SMILES string of the molecule is c1cc(-c2ccc3ccccc3c2)cc(-c2c3ccccc3c(-c3cccc(-c4ccc5c(c4)[nH]c4cc6ccccc6cc45)c3)c3ccccc23)c1. The molecule has 0 saturated carbocycles. The van der Waals surface area contributed by atoms with Crippen LogP contribution >= 0.6 is 0 Å². The second-order valence-corrected chi connectivity index (χ2v) is 14.2. The van der Waals surface area contributed by atoms with Crippen molar-refractivity contribution in [1.29, 1.82) is 0 Å². The maximum atomic E-state index is 3.72. The molecule has 0 aliphatic carbocycles. The molecule has 11 aromatic rings. The molecule has 10 aromatic carbocycles. The van der Waals surface area contributed by atoms with E-state index in [4.69, 9.17) is 0 Å². The molecule has 11 rings (SSSR count). The number of hydrogen-bond donors (Lipinski definition) is 1. The van der Waals surface area contributed by atoms with E-state index >= 15 is 0 Å². The smallest absolute Gasteiger partial charge is 0.0471 e. The number of benzene rings is 10. The van der Waals surface area contributed by atoms with Crippen molar-refractivity contribution in [2.24, 2.45) is 0 Å². The van der Waals surface area contributed by atoms with Crippen LogP contribution in [0.5, 0.6) is 0 Å². The first-order valence-electron chi connectivity index (χ1n) is 18.3. The molecule has 246 valence electrons. The zero-order valence-electron chi connectivity index (χ0n) is 29.0. The minimum Gasteiger partial charge on any atom is -0.354 e. The molecule has 0 atom stereocenters. The van der Waals surface area contributed by atoms with Crippen molar-refractivity contribution in [2.45, 2.75) is 0 Å². The minimum absolute atomic E-state index is 1.16. The quantitative estimate of drug-likeness (QED) is 0.179. The molecule has 53 heavy (non-hydrogen) atoms. The van der Waals surface area contributed by atoms with Crippen LogP contribution in [0.4, 0.5) is 0 Å². The standard InChI is InChI=1S/C52H33N/c1-2-12-34-27-39(24-23-33(34)11-1)35-15-9-17-41(28-35)51-44-19-5-7-21-46(44)52(47-22-8-6-20-45(47)51)42-18-10-16-36(29-42)40-25-26-43-48-30-37-13-3-4-14-38(37)31-50(48)53-49(43)32-40/h1-32,53H. The largest absolute Gasteiger partial charge is 0.354 e. The lowest BCUT2D eigenvalue weighted by Gasteiger charge is -2.18. The van der Waals surface area contributed by atoms with Crippen LogP contribution in [0.25, 0.3) is 109 Å². The maximum absolute atomic E-state index is 3.72. The zero-order valence-corrected chi connectivity index (χ0v) is 29.0. The van der Waals surface area contributed by atoms with Gasteiger partial charge in [0.15, 0.2) is 0 Å². The normalized spacial score (nSPS) is 11.8. The minimum atomic E-state index is 1.16. The van der Waals surface area contributed by atoms with Crippen molar-refractivity contribution >= 4 is 64.9 Å². The van der Waals surface area contributed by atoms with Crippen LogP contribution in [-0.4, -0.2) is 4.98 Å². The third-order valence-electron chi connectivity index (χ3n) is 11.1. The summed E-state index contributed by atoms with van der Waals surface area (Å²) in [4.78, 5) is 3.72. The number of rotatable bonds is 4. The molecule has 1 aromatic heterocycles. The molecule has 1 nitrogen and oxygen atoms in total. The first kappa shape index (κ1) is 29.7. The second-order valence-electron chi connectivity index (χ2n) is 14.2. The number of hydrogen-bond acceptors (Lipinski definition) is 0. The Morgan fingerprint density at radius 2 is 0.660 bits per heavy atom. The molecular formula is C52H33N. The van der Waals surface area contributed by atoms with E-state index in [2.05, 4.69) is 199 Å². The molecule has 1 heteroatoms. The van der Waals surface area contributed by atoms with E-state index < -0.39 is 0 Å². The number of aromatic amines is 1. The lowest BCUT2D eigenvalue weighted by atomic mass is 9.85. The van der Waals surface area contributed by atoms with Gasteiger partial charge in [0, 0.05) is 21.8 Å². The van der Waals surface area contributed by atoms with Crippen LogP contribution in [0, 0.1) is 0 Å². The van der Waals surface area contributed by atoms with Gasteiger partial charge in [-0.1, -0.05) is 158 Å². The Balaban J connectivity index is 1.06. The zero-order chi connectivity index (χ0) is 34.9. The van der Waals surface area contributed by atoms with Gasteiger partial charge in [-0.25, -0.2) is 0 Å². The Morgan fingerprint density at radius 1 is 0.226 bits per heavy atom. The van der Waals surface area contributed by atoms with Crippen LogP contribution < -0.4 is 0 Å². The van der Waals surface area contributed by atoms with E-state index in [1.165, 1.54) is 104 Å². The van der Waals surface area contributed by atoms with Crippen LogP contribution in [0.2, 0.25) is 0 Å². The molecule has 0 fully saturated rings. The van der Waals surface area contributed by atoms with Gasteiger partial charge in [-0.3, -0.25) is 0 Å². The predicted octanol–water partition coefficient (Wildman–Crippen LogP) is 14.6. The van der Waals surface area contributed by atoms with Crippen LogP contribution in [-0.2, 0) is 0 Å². The van der Waals surface area contributed by atoms with Crippen molar-refractivity contribution in [3.05, 3.63) is 194 Å². The van der Waals surface area contributed by atoms with E-state index in [1.54, 1.807) is 0 Å². The Labute approximate surface area is 307 Å². The summed E-state index contributed by atoms with van der Waals surface area (Å²) in [5.41, 5.74) is 12.2. The molecule has 0 radical (unpaired) electrons. The van der Waals surface area contributed by atoms with Gasteiger partial charge in [0.05, 0.1) is 0 Å². The Kier molecular flexibility index (Phi) is 6.62. The molecule has 0 aliphatic heterocycles. The first-order chi connectivity index (χ1) is 26.2. The molecule has 0 bridgehead atoms. The van der Waals surface area contributed by atoms with Crippen LogP contribution in [0.3, 0.4) is 0 Å². The molecule has 1 N–H and O–H groups in total. The highest BCUT2D eigenvalue weighted by Crippen LogP contribution is 2.45. The van der Waals surface area contributed by atoms with Crippen LogP contribution in [0.1, 0.15) is 0 Å². The van der Waals surface area contributed by atoms with Crippen molar-refractivity contribution in [2.75, 3.05) is 0 Å². The summed E-state index contributed by atoms with van der Waals surface area (Å²) in [5.74, 6) is 0. The molecule has 0 amide bonds. The summed E-state index contributed by atoms with van der Waals surface area (Å²) in [7, 11) is 0. The lowest BCUT2D eigenvalue weighted by Crippen LogP contribution is -1.91. The Morgan fingerprint density at radius 3 is 1.26 bits per heavy atom. The topological polar surface area (TPSA) is 15.8 Å². The van der Waals surface area contributed by atoms with Gasteiger partial charge in [-0.15, -0.1) is 0 Å². The van der Waals surface area contributed by atoms with E-state index in [-0.39, 0.29) is 0 Å². The monoisotopic (exact) mass is 671 g/mol. The second kappa shape index (κ2) is 11.8. The summed E-state index contributed by atoms with van der Waals surface area (Å²) >= 11 is 0. The first-order valence-corrected chi connectivity index (χ1v) is 18.3. The van der Waals surface area contributed by atoms with Crippen molar-refractivity contribution in [3.63, 3.8) is 0 Å². The highest BCUT2D eigenvalue weighted by Gasteiger charge is 2.18. The maximum Gasteiger partial charge on any atom is 0.0471 e. The number of fused-ring (bicyclic) bond motifs is 7. The summed E-state index contributed by atoms with van der Waals surface area (Å²) in [5, 5.41) is 12.6. The fraction of sp³-hybridized carbons (Fsp3) is 0. The molecule has 0 spiro atoms. The summed E-state index contributed by atoms with van der Waals surface area (Å²) in [6.07, 6.45) is 0. The van der Waals surface area contributed by atoms with Gasteiger partial charge in [-0.05, 0) is 124 Å². The van der Waals surface area contributed by atoms with Gasteiger partial charge in [0.25, 0.3) is 0 Å². The molecule has 0 saturated heterocycles. The third kappa shape index (κ3) is 4.86. The Hall–Kier alpha value is -6.96. The average molecular weight is 672 g/mol. The van der Waals surface area contributed by atoms with Gasteiger partial charge in [0.1, 0.15) is 0 Å². The van der Waals surface area contributed by atoms with Crippen molar-refractivity contribution < 1.29 is 0 Å². The van der Waals surface area contributed by atoms with E-state index in [0.29, 0.717) is 0 Å².